The Kier molecular flexibility index (Phi) is 4.67. The molecule has 3 heteroatoms. The summed E-state index contributed by atoms with van der Waals surface area (Å²) >= 11 is 0. The number of terminal acetylenes is 1. The monoisotopic (exact) mass is 373 g/mol. The lowest BCUT2D eigenvalue weighted by molar-refractivity contribution is 0.117. The van der Waals surface area contributed by atoms with Gasteiger partial charge in [0.05, 0.1) is 0 Å². The number of alkyl carbamates (subject to hydrolysis) is 1. The number of benzene rings is 2. The molecule has 2 aromatic rings. The van der Waals surface area contributed by atoms with Gasteiger partial charge in [-0.1, -0.05) is 68.3 Å². The smallest absolute Gasteiger partial charge is 0.408 e. The van der Waals surface area contributed by atoms with Crippen molar-refractivity contribution in [2.45, 2.75) is 51.0 Å². The van der Waals surface area contributed by atoms with E-state index in [0.717, 1.165) is 25.7 Å². The van der Waals surface area contributed by atoms with E-state index < -0.39 is 11.6 Å². The zero-order chi connectivity index (χ0) is 19.8. The Balaban J connectivity index is 1.45. The summed E-state index contributed by atoms with van der Waals surface area (Å²) in [6.45, 7) is 4.81. The van der Waals surface area contributed by atoms with Gasteiger partial charge in [-0.3, -0.25) is 0 Å². The van der Waals surface area contributed by atoms with Crippen molar-refractivity contribution in [3.8, 4) is 23.5 Å². The third-order valence-electron chi connectivity index (χ3n) is 6.42. The van der Waals surface area contributed by atoms with E-state index in [0.29, 0.717) is 6.61 Å². The molecule has 0 unspecified atom stereocenters. The molecule has 144 valence electrons. The lowest BCUT2D eigenvalue weighted by Crippen LogP contribution is -2.51. The maximum atomic E-state index is 12.6. The van der Waals surface area contributed by atoms with E-state index in [2.05, 4.69) is 49.4 Å². The predicted octanol–water partition coefficient (Wildman–Crippen LogP) is 5.50. The highest BCUT2D eigenvalue weighted by molar-refractivity contribution is 5.79. The van der Waals surface area contributed by atoms with Crippen molar-refractivity contribution in [3.63, 3.8) is 0 Å². The number of carbonyl (C=O) groups excluding carboxylic acids is 1. The number of hydrogen-bond acceptors (Lipinski definition) is 2. The van der Waals surface area contributed by atoms with Crippen molar-refractivity contribution in [3.05, 3.63) is 59.7 Å². The van der Waals surface area contributed by atoms with Crippen LogP contribution in [0.1, 0.15) is 56.6 Å². The van der Waals surface area contributed by atoms with Gasteiger partial charge in [0.25, 0.3) is 0 Å². The highest BCUT2D eigenvalue weighted by Gasteiger charge is 2.39. The molecule has 0 radical (unpaired) electrons. The molecule has 1 saturated carbocycles. The SMILES string of the molecule is C#CC1(NC(=O)OCC2c3ccccc3-c3ccccc32)CCC(C)(C)CC1. The molecule has 0 bridgehead atoms. The molecular weight excluding hydrogens is 346 g/mol. The maximum absolute atomic E-state index is 12.6. The summed E-state index contributed by atoms with van der Waals surface area (Å²) in [5.41, 5.74) is 4.56. The molecule has 3 nitrogen and oxygen atoms in total. The summed E-state index contributed by atoms with van der Waals surface area (Å²) in [5.74, 6) is 2.89. The Hall–Kier alpha value is -2.73. The van der Waals surface area contributed by atoms with Gasteiger partial charge in [-0.05, 0) is 53.4 Å². The molecule has 0 aromatic heterocycles. The van der Waals surface area contributed by atoms with Crippen molar-refractivity contribution < 1.29 is 9.53 Å². The second kappa shape index (κ2) is 7.02. The topological polar surface area (TPSA) is 38.3 Å². The van der Waals surface area contributed by atoms with Gasteiger partial charge in [-0.25, -0.2) is 4.79 Å². The van der Waals surface area contributed by atoms with Crippen molar-refractivity contribution in [1.29, 1.82) is 0 Å². The highest BCUT2D eigenvalue weighted by atomic mass is 16.5. The lowest BCUT2D eigenvalue weighted by atomic mass is 9.70. The van der Waals surface area contributed by atoms with Crippen LogP contribution in [0.15, 0.2) is 48.5 Å². The van der Waals surface area contributed by atoms with E-state index in [1.807, 2.05) is 24.3 Å². The van der Waals surface area contributed by atoms with E-state index in [9.17, 15) is 4.79 Å². The normalized spacial score (nSPS) is 19.2. The van der Waals surface area contributed by atoms with Crippen LogP contribution >= 0.6 is 0 Å². The first-order valence-electron chi connectivity index (χ1n) is 10.0. The van der Waals surface area contributed by atoms with E-state index >= 15 is 0 Å². The van der Waals surface area contributed by atoms with Gasteiger partial charge in [0.1, 0.15) is 12.1 Å². The molecule has 2 aliphatic carbocycles. The molecule has 0 spiro atoms. The first-order valence-corrected chi connectivity index (χ1v) is 10.0. The largest absolute Gasteiger partial charge is 0.449 e. The first-order chi connectivity index (χ1) is 13.4. The molecule has 28 heavy (non-hydrogen) atoms. The minimum atomic E-state index is -0.585. The standard InChI is InChI=1S/C25H27NO2/c1-4-25(15-13-24(2,3)14-16-25)26-23(27)28-17-22-20-11-7-5-9-18(20)19-10-6-8-12-21(19)22/h1,5-12,22H,13-17H2,2-3H3,(H,26,27). The van der Waals surface area contributed by atoms with Gasteiger partial charge in [0.2, 0.25) is 0 Å². The van der Waals surface area contributed by atoms with Crippen LogP contribution in [0.25, 0.3) is 11.1 Å². The summed E-state index contributed by atoms with van der Waals surface area (Å²) in [6.07, 6.45) is 8.97. The van der Waals surface area contributed by atoms with Gasteiger partial charge in [0, 0.05) is 5.92 Å². The van der Waals surface area contributed by atoms with Crippen LogP contribution in [-0.2, 0) is 4.74 Å². The fourth-order valence-corrected chi connectivity index (χ4v) is 4.49. The van der Waals surface area contributed by atoms with Crippen LogP contribution in [0.2, 0.25) is 0 Å². The minimum absolute atomic E-state index is 0.0604. The molecular formula is C25H27NO2. The Morgan fingerprint density at radius 3 is 2.11 bits per heavy atom. The minimum Gasteiger partial charge on any atom is -0.449 e. The van der Waals surface area contributed by atoms with Crippen molar-refractivity contribution >= 4 is 6.09 Å². The maximum Gasteiger partial charge on any atom is 0.408 e. The molecule has 0 aliphatic heterocycles. The van der Waals surface area contributed by atoms with Crippen LogP contribution in [-0.4, -0.2) is 18.2 Å². The molecule has 2 aliphatic rings. The number of rotatable bonds is 3. The van der Waals surface area contributed by atoms with Gasteiger partial charge in [0.15, 0.2) is 0 Å². The van der Waals surface area contributed by atoms with Crippen molar-refractivity contribution in [2.75, 3.05) is 6.61 Å². The van der Waals surface area contributed by atoms with Crippen molar-refractivity contribution in [1.82, 2.24) is 5.32 Å². The Labute approximate surface area is 167 Å². The third kappa shape index (κ3) is 3.40. The fourth-order valence-electron chi connectivity index (χ4n) is 4.49. The Bertz CT molecular complexity index is 882. The predicted molar refractivity (Wildman–Crippen MR) is 112 cm³/mol. The van der Waals surface area contributed by atoms with Gasteiger partial charge in [-0.2, -0.15) is 0 Å². The average molecular weight is 373 g/mol. The van der Waals surface area contributed by atoms with Crippen LogP contribution in [0, 0.1) is 17.8 Å². The number of amides is 1. The van der Waals surface area contributed by atoms with Gasteiger partial charge in [-0.15, -0.1) is 6.42 Å². The zero-order valence-electron chi connectivity index (χ0n) is 16.6. The first kappa shape index (κ1) is 18.6. The number of fused-ring (bicyclic) bond motifs is 3. The summed E-state index contributed by atoms with van der Waals surface area (Å²) < 4.78 is 5.68. The molecule has 1 fully saturated rings. The Morgan fingerprint density at radius 1 is 1.04 bits per heavy atom. The van der Waals surface area contributed by atoms with Gasteiger partial charge < -0.3 is 10.1 Å². The molecule has 4 rings (SSSR count). The van der Waals surface area contributed by atoms with Crippen LogP contribution < -0.4 is 5.32 Å². The molecule has 1 N–H and O–H groups in total. The number of nitrogens with one attached hydrogen (secondary N) is 1. The molecule has 0 saturated heterocycles. The highest BCUT2D eigenvalue weighted by Crippen LogP contribution is 2.44. The number of carbonyl (C=O) groups is 1. The number of ether oxygens (including phenoxy) is 1. The van der Waals surface area contributed by atoms with Gasteiger partial charge >= 0.3 is 6.09 Å². The van der Waals surface area contributed by atoms with E-state index in [1.54, 1.807) is 0 Å². The fraction of sp³-hybridized carbons (Fsp3) is 0.400. The Morgan fingerprint density at radius 2 is 1.57 bits per heavy atom. The van der Waals surface area contributed by atoms with Crippen LogP contribution in [0.3, 0.4) is 0 Å². The number of hydrogen-bond donors (Lipinski definition) is 1. The quantitative estimate of drug-likeness (QED) is 0.722. The lowest BCUT2D eigenvalue weighted by Gasteiger charge is -2.40. The second-order valence-corrected chi connectivity index (χ2v) is 8.84. The molecule has 0 heterocycles. The summed E-state index contributed by atoms with van der Waals surface area (Å²) in [5, 5.41) is 2.99. The van der Waals surface area contributed by atoms with E-state index in [4.69, 9.17) is 11.2 Å². The molecule has 0 atom stereocenters. The summed E-state index contributed by atoms with van der Waals surface area (Å²) in [7, 11) is 0. The molecule has 2 aromatic carbocycles. The second-order valence-electron chi connectivity index (χ2n) is 8.84. The van der Waals surface area contributed by atoms with E-state index in [1.165, 1.54) is 22.3 Å². The summed E-state index contributed by atoms with van der Waals surface area (Å²) in [4.78, 5) is 12.6. The third-order valence-corrected chi connectivity index (χ3v) is 6.42. The summed E-state index contributed by atoms with van der Waals surface area (Å²) in [6, 6.07) is 16.7. The van der Waals surface area contributed by atoms with Crippen LogP contribution in [0.5, 0.6) is 0 Å². The molecule has 1 amide bonds. The van der Waals surface area contributed by atoms with Crippen molar-refractivity contribution in [2.24, 2.45) is 5.41 Å². The zero-order valence-corrected chi connectivity index (χ0v) is 16.6. The van der Waals surface area contributed by atoms with Crippen LogP contribution in [0.4, 0.5) is 4.79 Å². The average Bonchev–Trinajstić information content (AvgIpc) is 3.02. The van der Waals surface area contributed by atoms with E-state index in [-0.39, 0.29) is 11.3 Å².